The van der Waals surface area contributed by atoms with Crippen LogP contribution in [0.4, 0.5) is 0 Å². The molecule has 0 aliphatic carbocycles. The molecule has 0 bridgehead atoms. The Balaban J connectivity index is 1.46. The van der Waals surface area contributed by atoms with Gasteiger partial charge in [-0.3, -0.25) is 0 Å². The van der Waals surface area contributed by atoms with Crippen molar-refractivity contribution < 1.29 is 14.0 Å². The lowest BCUT2D eigenvalue weighted by Crippen LogP contribution is -2.35. The van der Waals surface area contributed by atoms with Gasteiger partial charge in [0.2, 0.25) is 6.33 Å². The summed E-state index contributed by atoms with van der Waals surface area (Å²) in [7, 11) is 1.67. The average Bonchev–Trinajstić information content (AvgIpc) is 3.29. The number of hydrogen-bond acceptors (Lipinski definition) is 2. The summed E-state index contributed by atoms with van der Waals surface area (Å²) < 4.78 is 15.8. The predicted molar refractivity (Wildman–Crippen MR) is 142 cm³/mol. The lowest BCUT2D eigenvalue weighted by atomic mass is 10.1. The number of halogens is 4. The first kappa shape index (κ1) is 25.9. The van der Waals surface area contributed by atoms with Gasteiger partial charge in [0, 0.05) is 32.1 Å². The summed E-state index contributed by atoms with van der Waals surface area (Å²) in [6.45, 7) is 1.74. The van der Waals surface area contributed by atoms with E-state index in [1.165, 1.54) is 5.56 Å². The molecule has 8 heteroatoms. The van der Waals surface area contributed by atoms with Gasteiger partial charge in [-0.1, -0.05) is 70.7 Å². The van der Waals surface area contributed by atoms with E-state index in [1.807, 2.05) is 36.5 Å². The van der Waals surface area contributed by atoms with E-state index < -0.39 is 0 Å². The van der Waals surface area contributed by atoms with Crippen molar-refractivity contribution in [2.75, 3.05) is 7.11 Å². The van der Waals surface area contributed by atoms with E-state index in [1.54, 1.807) is 25.3 Å². The number of rotatable bonds is 10. The molecule has 182 valence electrons. The molecule has 0 aliphatic heterocycles. The van der Waals surface area contributed by atoms with Crippen LogP contribution in [0, 0.1) is 0 Å². The Bertz CT molecular complexity index is 1270. The first-order valence-electron chi connectivity index (χ1n) is 11.1. The van der Waals surface area contributed by atoms with Gasteiger partial charge in [0.05, 0.1) is 20.3 Å². The normalized spacial score (nSPS) is 12.0. The summed E-state index contributed by atoms with van der Waals surface area (Å²) in [4.78, 5) is 0. The fourth-order valence-corrected chi connectivity index (χ4v) is 4.75. The Morgan fingerprint density at radius 1 is 0.886 bits per heavy atom. The number of aromatic nitrogens is 2. The summed E-state index contributed by atoms with van der Waals surface area (Å²) in [6.07, 6.45) is 6.76. The molecule has 4 rings (SSSR count). The van der Waals surface area contributed by atoms with Crippen molar-refractivity contribution >= 4 is 46.4 Å². The van der Waals surface area contributed by atoms with Crippen LogP contribution >= 0.6 is 46.4 Å². The van der Waals surface area contributed by atoms with Crippen molar-refractivity contribution in [1.82, 2.24) is 4.57 Å². The van der Waals surface area contributed by atoms with Crippen LogP contribution in [0.1, 0.15) is 22.8 Å². The van der Waals surface area contributed by atoms with Gasteiger partial charge >= 0.3 is 0 Å². The van der Waals surface area contributed by atoms with Crippen LogP contribution in [0.3, 0.4) is 0 Å². The highest BCUT2D eigenvalue weighted by atomic mass is 35.5. The zero-order valence-electron chi connectivity index (χ0n) is 19.1. The van der Waals surface area contributed by atoms with Crippen molar-refractivity contribution in [3.05, 3.63) is 116 Å². The van der Waals surface area contributed by atoms with Crippen molar-refractivity contribution in [2.45, 2.75) is 32.2 Å². The molecule has 0 amide bonds. The minimum atomic E-state index is -0.311. The van der Waals surface area contributed by atoms with Gasteiger partial charge in [-0.25, -0.2) is 9.13 Å². The maximum atomic E-state index is 6.54. The molecule has 4 nitrogen and oxygen atoms in total. The summed E-state index contributed by atoms with van der Waals surface area (Å²) in [5.41, 5.74) is 2.97. The first-order valence-corrected chi connectivity index (χ1v) is 12.6. The number of aryl methyl sites for hydroxylation is 2. The van der Waals surface area contributed by atoms with Crippen LogP contribution < -0.4 is 9.30 Å². The largest absolute Gasteiger partial charge is 0.497 e. The number of benzene rings is 3. The lowest BCUT2D eigenvalue weighted by molar-refractivity contribution is -0.704. The molecule has 3 aromatic carbocycles. The molecule has 0 saturated heterocycles. The Hall–Kier alpha value is -2.21. The van der Waals surface area contributed by atoms with E-state index in [2.05, 4.69) is 33.8 Å². The van der Waals surface area contributed by atoms with E-state index in [0.717, 1.165) is 29.8 Å². The SMILES string of the molecule is COc1ccc(CCn2cc[n+](CC(OCc3ccc(Cl)cc3Cl)c3ccc(Cl)cc3Cl)c2)cc1. The minimum absolute atomic E-state index is 0.311. The fraction of sp³-hybridized carbons (Fsp3) is 0.222. The van der Waals surface area contributed by atoms with Gasteiger partial charge in [-0.05, 0) is 47.5 Å². The lowest BCUT2D eigenvalue weighted by Gasteiger charge is -2.19. The monoisotopic (exact) mass is 549 g/mol. The minimum Gasteiger partial charge on any atom is -0.497 e. The fourth-order valence-electron chi connectivity index (χ4n) is 3.75. The van der Waals surface area contributed by atoms with Crippen LogP contribution in [0.15, 0.2) is 79.4 Å². The highest BCUT2D eigenvalue weighted by Gasteiger charge is 2.20. The number of ether oxygens (including phenoxy) is 2. The third-order valence-corrected chi connectivity index (χ3v) is 6.85. The second-order valence-corrected chi connectivity index (χ2v) is 9.83. The maximum absolute atomic E-state index is 6.54. The van der Waals surface area contributed by atoms with Gasteiger partial charge < -0.3 is 9.47 Å². The van der Waals surface area contributed by atoms with Crippen LogP contribution in [-0.4, -0.2) is 11.7 Å². The molecule has 1 atom stereocenters. The first-order chi connectivity index (χ1) is 16.9. The van der Waals surface area contributed by atoms with Crippen LogP contribution in [0.5, 0.6) is 5.75 Å². The molecule has 0 N–H and O–H groups in total. The van der Waals surface area contributed by atoms with Crippen molar-refractivity contribution in [3.63, 3.8) is 0 Å². The molecule has 0 fully saturated rings. The smallest absolute Gasteiger partial charge is 0.243 e. The van der Waals surface area contributed by atoms with Crippen LogP contribution in [0.2, 0.25) is 20.1 Å². The van der Waals surface area contributed by atoms with E-state index in [4.69, 9.17) is 55.9 Å². The van der Waals surface area contributed by atoms with Crippen LogP contribution in [-0.2, 0) is 30.9 Å². The van der Waals surface area contributed by atoms with Gasteiger partial charge in [0.15, 0.2) is 0 Å². The van der Waals surface area contributed by atoms with Gasteiger partial charge in [-0.15, -0.1) is 0 Å². The Morgan fingerprint density at radius 2 is 1.60 bits per heavy atom. The number of methoxy groups -OCH3 is 1. The Kier molecular flexibility index (Phi) is 8.99. The van der Waals surface area contributed by atoms with E-state index in [0.29, 0.717) is 33.2 Å². The molecule has 1 aromatic heterocycles. The highest BCUT2D eigenvalue weighted by Crippen LogP contribution is 2.31. The van der Waals surface area contributed by atoms with Gasteiger partial charge in [-0.2, -0.15) is 0 Å². The molecule has 0 spiro atoms. The van der Waals surface area contributed by atoms with E-state index in [9.17, 15) is 0 Å². The molecular formula is C27H25Cl4N2O2+. The summed E-state index contributed by atoms with van der Waals surface area (Å²) >= 11 is 25.0. The molecule has 35 heavy (non-hydrogen) atoms. The molecule has 1 heterocycles. The zero-order chi connectivity index (χ0) is 24.8. The Labute approximate surface area is 225 Å². The standard InChI is InChI=1S/C27H25Cl4N2O2/c1-34-23-7-2-19(3-8-23)10-11-32-12-13-33(18-32)16-27(24-9-6-22(29)15-26(24)31)35-17-20-4-5-21(28)14-25(20)30/h2-9,12-15,18,27H,10-11,16-17H2,1H3/q+1. The van der Waals surface area contributed by atoms with Gasteiger partial charge in [0.25, 0.3) is 0 Å². The Morgan fingerprint density at radius 3 is 2.29 bits per heavy atom. The van der Waals surface area contributed by atoms with Crippen LogP contribution in [0.25, 0.3) is 0 Å². The molecule has 4 aromatic rings. The maximum Gasteiger partial charge on any atom is 0.243 e. The number of hydrogen-bond donors (Lipinski definition) is 0. The van der Waals surface area contributed by atoms with Crippen molar-refractivity contribution in [2.24, 2.45) is 0 Å². The molecule has 0 saturated carbocycles. The second-order valence-electron chi connectivity index (χ2n) is 8.15. The van der Waals surface area contributed by atoms with Crippen molar-refractivity contribution in [1.29, 1.82) is 0 Å². The molecule has 0 radical (unpaired) electrons. The summed E-state index contributed by atoms with van der Waals surface area (Å²) in [5, 5.41) is 2.29. The van der Waals surface area contributed by atoms with Crippen molar-refractivity contribution in [3.8, 4) is 5.75 Å². The molecule has 1 unspecified atom stereocenters. The highest BCUT2D eigenvalue weighted by molar-refractivity contribution is 6.35. The number of nitrogens with zero attached hydrogens (tertiary/aromatic N) is 2. The third-order valence-electron chi connectivity index (χ3n) is 5.71. The second kappa shape index (κ2) is 12.2. The molecule has 0 aliphatic rings. The third kappa shape index (κ3) is 7.16. The predicted octanol–water partition coefficient (Wildman–Crippen LogP) is 7.60. The topological polar surface area (TPSA) is 27.3 Å². The van der Waals surface area contributed by atoms with E-state index in [-0.39, 0.29) is 6.10 Å². The summed E-state index contributed by atoms with van der Waals surface area (Å²) in [6, 6.07) is 19.0. The zero-order valence-corrected chi connectivity index (χ0v) is 22.2. The number of imidazole rings is 1. The van der Waals surface area contributed by atoms with Gasteiger partial charge in [0.1, 0.15) is 30.8 Å². The summed E-state index contributed by atoms with van der Waals surface area (Å²) in [5.74, 6) is 0.861. The van der Waals surface area contributed by atoms with E-state index >= 15 is 0 Å². The quantitative estimate of drug-likeness (QED) is 0.190. The molecular weight excluding hydrogens is 526 g/mol. The average molecular weight is 551 g/mol.